The zero-order valence-corrected chi connectivity index (χ0v) is 15.9. The smallest absolute Gasteiger partial charge is 0.261 e. The van der Waals surface area contributed by atoms with Crippen molar-refractivity contribution in [2.24, 2.45) is 0 Å². The van der Waals surface area contributed by atoms with Crippen molar-refractivity contribution < 1.29 is 9.53 Å². The average Bonchev–Trinajstić information content (AvgIpc) is 3.15. The molecule has 1 fully saturated rings. The van der Waals surface area contributed by atoms with Gasteiger partial charge in [0.2, 0.25) is 0 Å². The van der Waals surface area contributed by atoms with Crippen LogP contribution in [-0.2, 0) is 17.9 Å². The van der Waals surface area contributed by atoms with E-state index in [-0.39, 0.29) is 11.4 Å². The monoisotopic (exact) mass is 359 g/mol. The Hall–Kier alpha value is -1.76. The zero-order chi connectivity index (χ0) is 17.9. The number of carbonyl (C=O) groups excluding carboxylic acids is 1. The number of hydrogen-bond donors (Lipinski definition) is 1. The lowest BCUT2D eigenvalue weighted by molar-refractivity contribution is 0.0911. The Bertz CT molecular complexity index is 746. The fourth-order valence-electron chi connectivity index (χ4n) is 3.33. The normalized spacial score (nSPS) is 20.8. The highest BCUT2D eigenvalue weighted by molar-refractivity contribution is 7.12. The van der Waals surface area contributed by atoms with Crippen LogP contribution in [0.4, 0.5) is 0 Å². The Kier molecular flexibility index (Phi) is 5.51. The number of nitrogens with zero attached hydrogens (tertiary/aromatic N) is 2. The molecule has 1 unspecified atom stereocenters. The van der Waals surface area contributed by atoms with Gasteiger partial charge < -0.3 is 10.1 Å². The number of pyridine rings is 1. The fraction of sp³-hybridized carbons (Fsp3) is 0.474. The molecule has 6 heteroatoms. The van der Waals surface area contributed by atoms with E-state index in [1.165, 1.54) is 22.5 Å². The number of carbonyl (C=O) groups is 1. The van der Waals surface area contributed by atoms with Crippen molar-refractivity contribution in [1.29, 1.82) is 0 Å². The Morgan fingerprint density at radius 3 is 3.00 bits per heavy atom. The summed E-state index contributed by atoms with van der Waals surface area (Å²) in [5.41, 5.74) is 3.25. The minimum Gasteiger partial charge on any atom is -0.380 e. The van der Waals surface area contributed by atoms with Crippen molar-refractivity contribution in [3.05, 3.63) is 51.5 Å². The van der Waals surface area contributed by atoms with Gasteiger partial charge in [0.15, 0.2) is 0 Å². The highest BCUT2D eigenvalue weighted by Gasteiger charge is 2.35. The molecule has 0 aromatic carbocycles. The van der Waals surface area contributed by atoms with E-state index in [0.717, 1.165) is 36.5 Å². The van der Waals surface area contributed by atoms with Gasteiger partial charge in [-0.2, -0.15) is 0 Å². The molecular weight excluding hydrogens is 334 g/mol. The third kappa shape index (κ3) is 4.66. The van der Waals surface area contributed by atoms with Gasteiger partial charge in [0, 0.05) is 39.1 Å². The maximum Gasteiger partial charge on any atom is 0.261 e. The number of aryl methyl sites for hydroxylation is 1. The minimum atomic E-state index is -0.195. The predicted octanol–water partition coefficient (Wildman–Crippen LogP) is 2.99. The van der Waals surface area contributed by atoms with Crippen molar-refractivity contribution in [2.75, 3.05) is 20.2 Å². The Balaban J connectivity index is 1.58. The van der Waals surface area contributed by atoms with Crippen molar-refractivity contribution in [3.63, 3.8) is 0 Å². The van der Waals surface area contributed by atoms with Gasteiger partial charge in [0.1, 0.15) is 0 Å². The number of aromatic nitrogens is 1. The number of hydrogen-bond acceptors (Lipinski definition) is 5. The predicted molar refractivity (Wildman–Crippen MR) is 99.8 cm³/mol. The largest absolute Gasteiger partial charge is 0.380 e. The second-order valence-corrected chi connectivity index (χ2v) is 8.01. The van der Waals surface area contributed by atoms with Gasteiger partial charge in [0.25, 0.3) is 5.91 Å². The van der Waals surface area contributed by atoms with Crippen LogP contribution >= 0.6 is 11.3 Å². The molecule has 1 amide bonds. The van der Waals surface area contributed by atoms with Gasteiger partial charge in [-0.3, -0.25) is 14.7 Å². The van der Waals surface area contributed by atoms with Gasteiger partial charge in [0.05, 0.1) is 17.0 Å². The first kappa shape index (κ1) is 18.0. The lowest BCUT2D eigenvalue weighted by atomic mass is 10.0. The lowest BCUT2D eigenvalue weighted by Crippen LogP contribution is -2.47. The first-order valence-corrected chi connectivity index (χ1v) is 9.37. The maximum atomic E-state index is 12.6. The molecule has 134 valence electrons. The number of thiophene rings is 1. The van der Waals surface area contributed by atoms with Crippen LogP contribution in [0.3, 0.4) is 0 Å². The van der Waals surface area contributed by atoms with E-state index >= 15 is 0 Å². The summed E-state index contributed by atoms with van der Waals surface area (Å²) in [4.78, 5) is 19.9. The van der Waals surface area contributed by atoms with Crippen molar-refractivity contribution in [1.82, 2.24) is 15.2 Å². The summed E-state index contributed by atoms with van der Waals surface area (Å²) >= 11 is 1.47. The third-order valence-electron chi connectivity index (χ3n) is 4.49. The molecule has 3 heterocycles. The summed E-state index contributed by atoms with van der Waals surface area (Å²) in [6.07, 6.45) is 4.75. The fourth-order valence-corrected chi connectivity index (χ4v) is 4.12. The standard InChI is InChI=1S/C19H25N3O2S/c1-14-6-15(9-20-8-14)10-22-5-4-19(2,13-22)21-18(23)17-7-16(11-24-3)12-25-17/h6-9,12H,4-5,10-11,13H2,1-3H3,(H,21,23). The molecule has 5 nitrogen and oxygen atoms in total. The molecule has 2 aromatic rings. The van der Waals surface area contributed by atoms with Crippen LogP contribution in [0, 0.1) is 6.92 Å². The molecule has 1 atom stereocenters. The van der Waals surface area contributed by atoms with Crippen LogP contribution in [0.25, 0.3) is 0 Å². The summed E-state index contributed by atoms with van der Waals surface area (Å²) in [6.45, 7) is 7.43. The van der Waals surface area contributed by atoms with Crippen LogP contribution in [-0.4, -0.2) is 41.5 Å². The highest BCUT2D eigenvalue weighted by Crippen LogP contribution is 2.24. The van der Waals surface area contributed by atoms with Crippen molar-refractivity contribution >= 4 is 17.2 Å². The number of methoxy groups -OCH3 is 1. The number of rotatable bonds is 6. The topological polar surface area (TPSA) is 54.5 Å². The van der Waals surface area contributed by atoms with Gasteiger partial charge >= 0.3 is 0 Å². The van der Waals surface area contributed by atoms with Gasteiger partial charge in [-0.25, -0.2) is 0 Å². The number of likely N-dealkylation sites (tertiary alicyclic amines) is 1. The lowest BCUT2D eigenvalue weighted by Gasteiger charge is -2.26. The summed E-state index contributed by atoms with van der Waals surface area (Å²) in [7, 11) is 1.66. The molecule has 1 saturated heterocycles. The Morgan fingerprint density at radius 2 is 2.24 bits per heavy atom. The van der Waals surface area contributed by atoms with Crippen molar-refractivity contribution in [3.8, 4) is 0 Å². The van der Waals surface area contributed by atoms with E-state index < -0.39 is 0 Å². The number of ether oxygens (including phenoxy) is 1. The highest BCUT2D eigenvalue weighted by atomic mass is 32.1. The van der Waals surface area contributed by atoms with E-state index in [4.69, 9.17) is 4.74 Å². The average molecular weight is 359 g/mol. The number of nitrogens with one attached hydrogen (secondary N) is 1. The van der Waals surface area contributed by atoms with Crippen LogP contribution in [0.15, 0.2) is 29.9 Å². The molecule has 0 saturated carbocycles. The quantitative estimate of drug-likeness (QED) is 0.861. The first-order valence-electron chi connectivity index (χ1n) is 8.49. The van der Waals surface area contributed by atoms with E-state index in [0.29, 0.717) is 6.61 Å². The second-order valence-electron chi connectivity index (χ2n) is 7.10. The summed E-state index contributed by atoms with van der Waals surface area (Å²) in [5, 5.41) is 5.21. The molecule has 1 aliphatic heterocycles. The van der Waals surface area contributed by atoms with Gasteiger partial charge in [-0.1, -0.05) is 6.07 Å². The summed E-state index contributed by atoms with van der Waals surface area (Å²) in [5.74, 6) is 0.00826. The molecular formula is C19H25N3O2S. The van der Waals surface area contributed by atoms with Crippen LogP contribution < -0.4 is 5.32 Å². The minimum absolute atomic E-state index is 0.00826. The molecule has 0 bridgehead atoms. The Labute approximate surface area is 153 Å². The second kappa shape index (κ2) is 7.64. The van der Waals surface area contributed by atoms with Crippen LogP contribution in [0.1, 0.15) is 39.7 Å². The molecule has 0 aliphatic carbocycles. The molecule has 1 aliphatic rings. The summed E-state index contributed by atoms with van der Waals surface area (Å²) in [6, 6.07) is 4.09. The van der Waals surface area contributed by atoms with Crippen molar-refractivity contribution in [2.45, 2.75) is 39.0 Å². The molecule has 1 N–H and O–H groups in total. The van der Waals surface area contributed by atoms with Gasteiger partial charge in [-0.05, 0) is 48.4 Å². The molecule has 3 rings (SSSR count). The van der Waals surface area contributed by atoms with E-state index in [1.807, 2.05) is 23.8 Å². The van der Waals surface area contributed by atoms with Crippen LogP contribution in [0.5, 0.6) is 0 Å². The third-order valence-corrected chi connectivity index (χ3v) is 5.47. The molecule has 0 radical (unpaired) electrons. The Morgan fingerprint density at radius 1 is 1.40 bits per heavy atom. The maximum absolute atomic E-state index is 12.6. The molecule has 2 aromatic heterocycles. The van der Waals surface area contributed by atoms with Crippen LogP contribution in [0.2, 0.25) is 0 Å². The summed E-state index contributed by atoms with van der Waals surface area (Å²) < 4.78 is 5.12. The zero-order valence-electron chi connectivity index (χ0n) is 15.0. The van der Waals surface area contributed by atoms with E-state index in [9.17, 15) is 4.79 Å². The molecule has 25 heavy (non-hydrogen) atoms. The van der Waals surface area contributed by atoms with E-state index in [2.05, 4.69) is 35.1 Å². The number of amides is 1. The molecule has 0 spiro atoms. The van der Waals surface area contributed by atoms with E-state index in [1.54, 1.807) is 7.11 Å². The SMILES string of the molecule is COCc1csc(C(=O)NC2(C)CCN(Cc3cncc(C)c3)C2)c1. The first-order chi connectivity index (χ1) is 12.0. The van der Waals surface area contributed by atoms with Gasteiger partial charge in [-0.15, -0.1) is 11.3 Å².